The topological polar surface area (TPSA) is 62.2 Å². The Kier molecular flexibility index (Phi) is 7.84. The Balaban J connectivity index is 2.86. The average Bonchev–Trinajstić information content (AvgIpc) is 2.43. The first kappa shape index (κ1) is 18.1. The first-order valence-corrected chi connectivity index (χ1v) is 6.85. The lowest BCUT2D eigenvalue weighted by Crippen LogP contribution is -2.38. The molecule has 0 amide bonds. The molecule has 7 heteroatoms. The van der Waals surface area contributed by atoms with E-state index in [2.05, 4.69) is 4.90 Å². The van der Waals surface area contributed by atoms with Gasteiger partial charge in [0.05, 0.1) is 13.2 Å². The van der Waals surface area contributed by atoms with E-state index in [4.69, 9.17) is 9.47 Å². The second-order valence-electron chi connectivity index (χ2n) is 5.03. The third-order valence-corrected chi connectivity index (χ3v) is 3.28. The number of hydrogen-bond acceptors (Lipinski definition) is 5. The zero-order chi connectivity index (χ0) is 15.8. The molecule has 118 valence electrons. The normalized spacial score (nSPS) is 12.7. The van der Waals surface area contributed by atoms with Crippen molar-refractivity contribution in [2.24, 2.45) is 0 Å². The highest BCUT2D eigenvalue weighted by molar-refractivity contribution is 6.58. The summed E-state index contributed by atoms with van der Waals surface area (Å²) in [5, 5.41) is 18.4. The van der Waals surface area contributed by atoms with Crippen LogP contribution < -0.4 is 5.46 Å². The number of hydrogen-bond donors (Lipinski definition) is 2. The molecular formula is C14H23BFNO4. The molecule has 0 aliphatic carbocycles. The summed E-state index contributed by atoms with van der Waals surface area (Å²) >= 11 is 0. The van der Waals surface area contributed by atoms with Gasteiger partial charge in [-0.2, -0.15) is 0 Å². The molecular weight excluding hydrogens is 276 g/mol. The summed E-state index contributed by atoms with van der Waals surface area (Å²) in [6.45, 7) is 4.27. The van der Waals surface area contributed by atoms with Gasteiger partial charge in [0.25, 0.3) is 0 Å². The summed E-state index contributed by atoms with van der Waals surface area (Å²) in [7, 11) is 1.58. The fraction of sp³-hybridized carbons (Fsp3) is 0.571. The van der Waals surface area contributed by atoms with Gasteiger partial charge in [0.1, 0.15) is 5.82 Å². The maximum Gasteiger partial charge on any atom is 0.488 e. The number of halogens is 1. The highest BCUT2D eigenvalue weighted by atomic mass is 19.1. The van der Waals surface area contributed by atoms with Gasteiger partial charge in [-0.25, -0.2) is 4.39 Å². The number of methoxy groups -OCH3 is 2. The summed E-state index contributed by atoms with van der Waals surface area (Å²) in [5.41, 5.74) is 0.827. The lowest BCUT2D eigenvalue weighted by molar-refractivity contribution is 0.0705. The van der Waals surface area contributed by atoms with E-state index in [0.717, 1.165) is 6.07 Å². The van der Waals surface area contributed by atoms with Crippen LogP contribution in [0, 0.1) is 5.82 Å². The van der Waals surface area contributed by atoms with Gasteiger partial charge < -0.3 is 19.5 Å². The summed E-state index contributed by atoms with van der Waals surface area (Å²) in [6.07, 6.45) is 0. The molecule has 0 aliphatic heterocycles. The van der Waals surface area contributed by atoms with Crippen LogP contribution in [0.2, 0.25) is 0 Å². The lowest BCUT2D eigenvalue weighted by atomic mass is 9.79. The van der Waals surface area contributed by atoms with Crippen molar-refractivity contribution in [2.75, 3.05) is 34.0 Å². The minimum atomic E-state index is -1.68. The zero-order valence-corrected chi connectivity index (χ0v) is 12.8. The molecule has 0 heterocycles. The fourth-order valence-corrected chi connectivity index (χ4v) is 2.16. The molecule has 1 aromatic rings. The van der Waals surface area contributed by atoms with Crippen molar-refractivity contribution in [1.82, 2.24) is 4.90 Å². The van der Waals surface area contributed by atoms with Crippen molar-refractivity contribution in [3.8, 4) is 0 Å². The van der Waals surface area contributed by atoms with E-state index < -0.39 is 12.9 Å². The summed E-state index contributed by atoms with van der Waals surface area (Å²) in [5.74, 6) is -0.485. The Bertz CT molecular complexity index is 433. The van der Waals surface area contributed by atoms with Gasteiger partial charge in [-0.15, -0.1) is 0 Å². The van der Waals surface area contributed by atoms with E-state index >= 15 is 0 Å². The summed E-state index contributed by atoms with van der Waals surface area (Å²) in [6, 6.07) is 4.24. The maximum absolute atomic E-state index is 13.5. The zero-order valence-electron chi connectivity index (χ0n) is 12.8. The quantitative estimate of drug-likeness (QED) is 0.628. The number of ether oxygens (including phenoxy) is 2. The molecule has 5 nitrogen and oxygen atoms in total. The van der Waals surface area contributed by atoms with Crippen LogP contribution in [0.1, 0.15) is 12.5 Å². The van der Waals surface area contributed by atoms with Crippen LogP contribution in [-0.2, 0) is 16.0 Å². The molecule has 1 rings (SSSR count). The molecule has 0 aliphatic rings. The van der Waals surface area contributed by atoms with Crippen molar-refractivity contribution in [3.05, 3.63) is 29.6 Å². The molecule has 1 unspecified atom stereocenters. The van der Waals surface area contributed by atoms with Crippen LogP contribution in [0.3, 0.4) is 0 Å². The SMILES string of the molecule is COCCN(Cc1cc(F)cc(B(O)O)c1)C(C)COC. The highest BCUT2D eigenvalue weighted by Crippen LogP contribution is 2.10. The first-order chi connectivity index (χ1) is 9.97. The molecule has 1 aromatic carbocycles. The van der Waals surface area contributed by atoms with E-state index in [0.29, 0.717) is 31.9 Å². The lowest BCUT2D eigenvalue weighted by Gasteiger charge is -2.28. The Morgan fingerprint density at radius 1 is 1.24 bits per heavy atom. The van der Waals surface area contributed by atoms with E-state index in [1.54, 1.807) is 20.3 Å². The van der Waals surface area contributed by atoms with Gasteiger partial charge in [0.15, 0.2) is 0 Å². The van der Waals surface area contributed by atoms with Gasteiger partial charge in [0.2, 0.25) is 0 Å². The molecule has 0 saturated heterocycles. The number of benzene rings is 1. The molecule has 0 spiro atoms. The predicted molar refractivity (Wildman–Crippen MR) is 79.8 cm³/mol. The molecule has 0 bridgehead atoms. The van der Waals surface area contributed by atoms with Gasteiger partial charge >= 0.3 is 7.12 Å². The minimum Gasteiger partial charge on any atom is -0.423 e. The number of nitrogens with zero attached hydrogens (tertiary/aromatic N) is 1. The third kappa shape index (κ3) is 6.11. The minimum absolute atomic E-state index is 0.135. The second kappa shape index (κ2) is 9.12. The predicted octanol–water partition coefficient (Wildman–Crippen LogP) is -0.0112. The van der Waals surface area contributed by atoms with Crippen molar-refractivity contribution < 1.29 is 23.9 Å². The monoisotopic (exact) mass is 299 g/mol. The molecule has 0 fully saturated rings. The largest absolute Gasteiger partial charge is 0.488 e. The Morgan fingerprint density at radius 3 is 2.52 bits per heavy atom. The third-order valence-electron chi connectivity index (χ3n) is 3.28. The summed E-state index contributed by atoms with van der Waals surface area (Å²) in [4.78, 5) is 2.09. The van der Waals surface area contributed by atoms with E-state index in [9.17, 15) is 14.4 Å². The first-order valence-electron chi connectivity index (χ1n) is 6.85. The van der Waals surface area contributed by atoms with Crippen LogP contribution in [-0.4, -0.2) is 62.1 Å². The second-order valence-corrected chi connectivity index (χ2v) is 5.03. The highest BCUT2D eigenvalue weighted by Gasteiger charge is 2.17. The van der Waals surface area contributed by atoms with E-state index in [1.807, 2.05) is 6.92 Å². The van der Waals surface area contributed by atoms with Crippen LogP contribution >= 0.6 is 0 Å². The standard InChI is InChI=1S/C14H23BFNO4/c1-11(10-21-3)17(4-5-20-2)9-12-6-13(15(18)19)8-14(16)7-12/h6-8,11,18-19H,4-5,9-10H2,1-3H3. The number of rotatable bonds is 9. The molecule has 0 saturated carbocycles. The van der Waals surface area contributed by atoms with Crippen molar-refractivity contribution in [2.45, 2.75) is 19.5 Å². The Hall–Kier alpha value is -0.985. The molecule has 0 aromatic heterocycles. The molecule has 21 heavy (non-hydrogen) atoms. The van der Waals surface area contributed by atoms with Crippen molar-refractivity contribution in [1.29, 1.82) is 0 Å². The Morgan fingerprint density at radius 2 is 1.95 bits per heavy atom. The van der Waals surface area contributed by atoms with Crippen LogP contribution in [0.4, 0.5) is 4.39 Å². The molecule has 2 N–H and O–H groups in total. The van der Waals surface area contributed by atoms with Crippen molar-refractivity contribution >= 4 is 12.6 Å². The average molecular weight is 299 g/mol. The van der Waals surface area contributed by atoms with E-state index in [-0.39, 0.29) is 11.5 Å². The van der Waals surface area contributed by atoms with Crippen LogP contribution in [0.15, 0.2) is 18.2 Å². The van der Waals surface area contributed by atoms with Gasteiger partial charge in [-0.05, 0) is 30.1 Å². The van der Waals surface area contributed by atoms with Gasteiger partial charge in [-0.3, -0.25) is 4.90 Å². The molecule has 1 atom stereocenters. The Labute approximate surface area is 125 Å². The maximum atomic E-state index is 13.5. The van der Waals surface area contributed by atoms with Gasteiger partial charge in [0, 0.05) is 33.4 Å². The van der Waals surface area contributed by atoms with Crippen LogP contribution in [0.25, 0.3) is 0 Å². The van der Waals surface area contributed by atoms with Crippen molar-refractivity contribution in [3.63, 3.8) is 0 Å². The smallest absolute Gasteiger partial charge is 0.423 e. The summed E-state index contributed by atoms with van der Waals surface area (Å²) < 4.78 is 23.8. The van der Waals surface area contributed by atoms with Crippen LogP contribution in [0.5, 0.6) is 0 Å². The molecule has 0 radical (unpaired) electrons. The van der Waals surface area contributed by atoms with E-state index in [1.165, 1.54) is 6.07 Å². The van der Waals surface area contributed by atoms with Gasteiger partial charge in [-0.1, -0.05) is 6.07 Å². The fourth-order valence-electron chi connectivity index (χ4n) is 2.16.